The van der Waals surface area contributed by atoms with Gasteiger partial charge in [-0.25, -0.2) is 13.1 Å². The summed E-state index contributed by atoms with van der Waals surface area (Å²) in [6, 6.07) is 7.47. The smallest absolute Gasteiger partial charge is 0.264 e. The first kappa shape index (κ1) is 12.1. The Morgan fingerprint density at radius 2 is 2.00 bits per heavy atom. The van der Waals surface area contributed by atoms with Crippen LogP contribution in [-0.2, 0) is 14.8 Å². The minimum atomic E-state index is -3.74. The van der Waals surface area contributed by atoms with Gasteiger partial charge >= 0.3 is 0 Å². The molecule has 1 amide bonds. The second-order valence-corrected chi connectivity index (χ2v) is 5.61. The van der Waals surface area contributed by atoms with E-state index in [0.717, 1.165) is 13.0 Å². The van der Waals surface area contributed by atoms with Gasteiger partial charge in [0.15, 0.2) is 0 Å². The van der Waals surface area contributed by atoms with Crippen LogP contribution in [0, 0.1) is 0 Å². The first-order valence-corrected chi connectivity index (χ1v) is 6.93. The molecule has 1 aliphatic rings. The third-order valence-electron chi connectivity index (χ3n) is 2.67. The summed E-state index contributed by atoms with van der Waals surface area (Å²) in [5.74, 6) is -0.480. The number of nitrogens with one attached hydrogen (secondary N) is 2. The minimum absolute atomic E-state index is 0.103. The fourth-order valence-corrected chi connectivity index (χ4v) is 2.81. The standard InChI is InChI=1S/C11H14N2O3S/c14-11(10-7-4-8-12-10)13-17(15,16)9-5-2-1-3-6-9/h1-3,5-6,10,12H,4,7-8H2,(H,13,14)/t10-/m1/s1. The third kappa shape index (κ3) is 2.83. The van der Waals surface area contributed by atoms with E-state index in [1.165, 1.54) is 12.1 Å². The van der Waals surface area contributed by atoms with Gasteiger partial charge in [-0.05, 0) is 31.5 Å². The van der Waals surface area contributed by atoms with E-state index >= 15 is 0 Å². The largest absolute Gasteiger partial charge is 0.306 e. The maximum Gasteiger partial charge on any atom is 0.264 e. The lowest BCUT2D eigenvalue weighted by Crippen LogP contribution is -2.43. The highest BCUT2D eigenvalue weighted by Crippen LogP contribution is 2.09. The molecule has 92 valence electrons. The van der Waals surface area contributed by atoms with E-state index < -0.39 is 22.0 Å². The SMILES string of the molecule is O=C(NS(=O)(=O)c1ccccc1)[C@H]1CCCN1. The molecular formula is C11H14N2O3S. The van der Waals surface area contributed by atoms with Gasteiger partial charge in [0.05, 0.1) is 10.9 Å². The van der Waals surface area contributed by atoms with E-state index in [1.807, 2.05) is 0 Å². The molecule has 0 radical (unpaired) electrons. The van der Waals surface area contributed by atoms with Crippen molar-refractivity contribution in [1.29, 1.82) is 0 Å². The van der Waals surface area contributed by atoms with Crippen LogP contribution in [0.15, 0.2) is 35.2 Å². The molecule has 1 fully saturated rings. The number of hydrogen-bond acceptors (Lipinski definition) is 4. The Balaban J connectivity index is 2.10. The molecule has 1 aromatic carbocycles. The van der Waals surface area contributed by atoms with Crippen molar-refractivity contribution in [2.75, 3.05) is 6.54 Å². The van der Waals surface area contributed by atoms with Crippen LogP contribution in [-0.4, -0.2) is 26.9 Å². The van der Waals surface area contributed by atoms with E-state index in [4.69, 9.17) is 0 Å². The Labute approximate surface area is 100 Å². The van der Waals surface area contributed by atoms with E-state index in [-0.39, 0.29) is 4.90 Å². The van der Waals surface area contributed by atoms with E-state index in [2.05, 4.69) is 10.0 Å². The second-order valence-electron chi connectivity index (χ2n) is 3.93. The molecule has 0 unspecified atom stereocenters. The lowest BCUT2D eigenvalue weighted by Gasteiger charge is -2.11. The fourth-order valence-electron chi connectivity index (χ4n) is 1.77. The van der Waals surface area contributed by atoms with Crippen LogP contribution in [0.4, 0.5) is 0 Å². The summed E-state index contributed by atoms with van der Waals surface area (Å²) >= 11 is 0. The average Bonchev–Trinajstić information content (AvgIpc) is 2.83. The fraction of sp³-hybridized carbons (Fsp3) is 0.364. The molecule has 6 heteroatoms. The number of benzene rings is 1. The lowest BCUT2D eigenvalue weighted by atomic mass is 10.2. The van der Waals surface area contributed by atoms with Crippen LogP contribution >= 0.6 is 0 Å². The maximum absolute atomic E-state index is 11.8. The monoisotopic (exact) mass is 254 g/mol. The molecule has 17 heavy (non-hydrogen) atoms. The zero-order chi connectivity index (χ0) is 12.3. The summed E-state index contributed by atoms with van der Waals surface area (Å²) in [5, 5.41) is 2.95. The van der Waals surface area contributed by atoms with Crippen LogP contribution in [0.1, 0.15) is 12.8 Å². The van der Waals surface area contributed by atoms with Gasteiger partial charge in [0, 0.05) is 0 Å². The third-order valence-corrected chi connectivity index (χ3v) is 4.03. The Morgan fingerprint density at radius 1 is 1.29 bits per heavy atom. The molecular weight excluding hydrogens is 240 g/mol. The van der Waals surface area contributed by atoms with Crippen molar-refractivity contribution in [2.45, 2.75) is 23.8 Å². The molecule has 0 saturated carbocycles. The van der Waals surface area contributed by atoms with Crippen molar-refractivity contribution in [2.24, 2.45) is 0 Å². The first-order chi connectivity index (χ1) is 8.09. The Hall–Kier alpha value is -1.40. The second kappa shape index (κ2) is 4.85. The van der Waals surface area contributed by atoms with Crippen molar-refractivity contribution in [3.63, 3.8) is 0 Å². The molecule has 5 nitrogen and oxygen atoms in total. The van der Waals surface area contributed by atoms with Crippen LogP contribution in [0.2, 0.25) is 0 Å². The van der Waals surface area contributed by atoms with Gasteiger partial charge in [-0.15, -0.1) is 0 Å². The number of amides is 1. The summed E-state index contributed by atoms with van der Waals surface area (Å²) in [6.45, 7) is 0.753. The zero-order valence-electron chi connectivity index (χ0n) is 9.22. The van der Waals surface area contributed by atoms with Gasteiger partial charge in [-0.3, -0.25) is 4.79 Å². The predicted molar refractivity (Wildman–Crippen MR) is 62.8 cm³/mol. The normalized spacial score (nSPS) is 20.1. The molecule has 1 aromatic rings. The maximum atomic E-state index is 11.8. The van der Waals surface area contributed by atoms with E-state index in [1.54, 1.807) is 18.2 Å². The van der Waals surface area contributed by atoms with Crippen molar-refractivity contribution in [3.8, 4) is 0 Å². The highest BCUT2D eigenvalue weighted by Gasteiger charge is 2.26. The number of hydrogen-bond donors (Lipinski definition) is 2. The van der Waals surface area contributed by atoms with Crippen LogP contribution in [0.3, 0.4) is 0 Å². The van der Waals surface area contributed by atoms with Gasteiger partial charge in [-0.1, -0.05) is 18.2 Å². The zero-order valence-corrected chi connectivity index (χ0v) is 10.0. The molecule has 1 aliphatic heterocycles. The van der Waals surface area contributed by atoms with E-state index in [9.17, 15) is 13.2 Å². The lowest BCUT2D eigenvalue weighted by molar-refractivity contribution is -0.121. The van der Waals surface area contributed by atoms with Crippen molar-refractivity contribution < 1.29 is 13.2 Å². The summed E-state index contributed by atoms with van der Waals surface area (Å²) in [5.41, 5.74) is 0. The molecule has 0 spiro atoms. The van der Waals surface area contributed by atoms with Crippen LogP contribution < -0.4 is 10.0 Å². The van der Waals surface area contributed by atoms with Gasteiger partial charge in [0.1, 0.15) is 0 Å². The van der Waals surface area contributed by atoms with Gasteiger partial charge in [-0.2, -0.15) is 0 Å². The molecule has 1 atom stereocenters. The van der Waals surface area contributed by atoms with Crippen molar-refractivity contribution in [3.05, 3.63) is 30.3 Å². The summed E-state index contributed by atoms with van der Waals surface area (Å²) in [7, 11) is -3.74. The molecule has 0 aliphatic carbocycles. The summed E-state index contributed by atoms with van der Waals surface area (Å²) in [4.78, 5) is 11.8. The Kier molecular flexibility index (Phi) is 3.44. The Morgan fingerprint density at radius 3 is 2.59 bits per heavy atom. The van der Waals surface area contributed by atoms with E-state index in [0.29, 0.717) is 6.42 Å². The molecule has 1 heterocycles. The first-order valence-electron chi connectivity index (χ1n) is 5.45. The predicted octanol–water partition coefficient (Wildman–Crippen LogP) is 0.243. The molecule has 2 rings (SSSR count). The summed E-state index contributed by atoms with van der Waals surface area (Å²) < 4.78 is 25.8. The molecule has 1 saturated heterocycles. The van der Waals surface area contributed by atoms with Crippen molar-refractivity contribution in [1.82, 2.24) is 10.0 Å². The highest BCUT2D eigenvalue weighted by molar-refractivity contribution is 7.90. The van der Waals surface area contributed by atoms with Gasteiger partial charge < -0.3 is 5.32 Å². The average molecular weight is 254 g/mol. The van der Waals surface area contributed by atoms with Crippen LogP contribution in [0.25, 0.3) is 0 Å². The van der Waals surface area contributed by atoms with Gasteiger partial charge in [0.2, 0.25) is 0 Å². The number of carbonyl (C=O) groups is 1. The molecule has 0 bridgehead atoms. The molecule has 0 aromatic heterocycles. The highest BCUT2D eigenvalue weighted by atomic mass is 32.2. The number of rotatable bonds is 3. The quantitative estimate of drug-likeness (QED) is 0.810. The summed E-state index contributed by atoms with van der Waals surface area (Å²) in [6.07, 6.45) is 1.57. The van der Waals surface area contributed by atoms with Crippen LogP contribution in [0.5, 0.6) is 0 Å². The minimum Gasteiger partial charge on any atom is -0.306 e. The van der Waals surface area contributed by atoms with Gasteiger partial charge in [0.25, 0.3) is 15.9 Å². The topological polar surface area (TPSA) is 75.3 Å². The Bertz CT molecular complexity index is 493. The van der Waals surface area contributed by atoms with Crippen molar-refractivity contribution >= 4 is 15.9 Å². The molecule has 2 N–H and O–H groups in total. The number of carbonyl (C=O) groups excluding carboxylic acids is 1. The number of sulfonamides is 1.